The highest BCUT2D eigenvalue weighted by Crippen LogP contribution is 2.41. The molecule has 216 valence electrons. The molecule has 0 spiro atoms. The fourth-order valence-corrected chi connectivity index (χ4v) is 5.03. The predicted molar refractivity (Wildman–Crippen MR) is 143 cm³/mol. The number of rotatable bonds is 9. The Morgan fingerprint density at radius 3 is 2.68 bits per heavy atom. The van der Waals surface area contributed by atoms with Crippen LogP contribution in [0.1, 0.15) is 87.0 Å². The highest BCUT2D eigenvalue weighted by Gasteiger charge is 2.52. The second-order valence-electron chi connectivity index (χ2n) is 11.5. The molecule has 1 saturated heterocycles. The van der Waals surface area contributed by atoms with E-state index >= 15 is 4.39 Å². The molecule has 38 heavy (non-hydrogen) atoms. The van der Waals surface area contributed by atoms with Crippen molar-refractivity contribution in [1.29, 1.82) is 0 Å². The number of alkyl halides is 2. The van der Waals surface area contributed by atoms with Crippen LogP contribution in [0.2, 0.25) is 0 Å². The van der Waals surface area contributed by atoms with Gasteiger partial charge in [0.05, 0.1) is 18.6 Å². The van der Waals surface area contributed by atoms with Crippen LogP contribution in [-0.4, -0.2) is 58.9 Å². The number of carbonyl (C=O) groups excluding carboxylic acids is 2. The lowest BCUT2D eigenvalue weighted by Gasteiger charge is -2.30. The first-order valence-electron chi connectivity index (χ1n) is 13.8. The lowest BCUT2D eigenvalue weighted by Crippen LogP contribution is -2.38. The number of cyclic esters (lactones) is 1. The number of ether oxygens (including phenoxy) is 3. The van der Waals surface area contributed by atoms with Gasteiger partial charge in [-0.3, -0.25) is 9.59 Å². The molecule has 0 aromatic heterocycles. The quantitative estimate of drug-likeness (QED) is 0.164. The molecule has 2 aliphatic heterocycles. The molecule has 0 amide bonds. The van der Waals surface area contributed by atoms with Gasteiger partial charge in [0.25, 0.3) is 0 Å². The van der Waals surface area contributed by atoms with Crippen molar-refractivity contribution in [3.05, 3.63) is 36.0 Å². The van der Waals surface area contributed by atoms with Crippen molar-refractivity contribution in [3.8, 4) is 0 Å². The van der Waals surface area contributed by atoms with Crippen molar-refractivity contribution in [2.24, 2.45) is 11.8 Å². The smallest absolute Gasteiger partial charge is 0.309 e. The number of aliphatic hydroxyl groups excluding tert-OH is 1. The second kappa shape index (κ2) is 13.8. The third-order valence-electron chi connectivity index (χ3n) is 7.35. The predicted octanol–water partition coefficient (Wildman–Crippen LogP) is 6.12. The first kappa shape index (κ1) is 32.2. The van der Waals surface area contributed by atoms with Crippen LogP contribution in [0, 0.1) is 11.8 Å². The number of halogens is 2. The van der Waals surface area contributed by atoms with Crippen molar-refractivity contribution in [2.45, 2.75) is 129 Å². The van der Waals surface area contributed by atoms with E-state index in [1.54, 1.807) is 13.0 Å². The van der Waals surface area contributed by atoms with Gasteiger partial charge in [0.1, 0.15) is 23.5 Å². The van der Waals surface area contributed by atoms with Gasteiger partial charge >= 0.3 is 11.9 Å². The van der Waals surface area contributed by atoms with Crippen molar-refractivity contribution >= 4 is 11.9 Å². The molecule has 0 aromatic carbocycles. The highest BCUT2D eigenvalue weighted by molar-refractivity contribution is 5.70. The average molecular weight is 541 g/mol. The molecule has 1 N–H and O–H groups in total. The monoisotopic (exact) mass is 540 g/mol. The van der Waals surface area contributed by atoms with Crippen LogP contribution in [0.25, 0.3) is 0 Å². The Morgan fingerprint density at radius 1 is 1.37 bits per heavy atom. The molecule has 9 atom stereocenters. The lowest BCUT2D eigenvalue weighted by molar-refractivity contribution is -0.152. The van der Waals surface area contributed by atoms with Crippen molar-refractivity contribution in [3.63, 3.8) is 0 Å². The SMILES string of the molecule is CCCC(C)(F)C1OC1CC(C)C=CC=C(C)C1OC(=O)CC(O)CCC(C)(F)C(OC(C)=O)C=CC1C. The number of esters is 2. The lowest BCUT2D eigenvalue weighted by atomic mass is 9.90. The summed E-state index contributed by atoms with van der Waals surface area (Å²) in [6, 6.07) is 0. The zero-order valence-electron chi connectivity index (χ0n) is 23.9. The number of carbonyl (C=O) groups is 2. The van der Waals surface area contributed by atoms with Gasteiger partial charge in [0.15, 0.2) is 6.10 Å². The Bertz CT molecular complexity index is 893. The average Bonchev–Trinajstić information content (AvgIpc) is 3.57. The van der Waals surface area contributed by atoms with Crippen LogP contribution in [-0.2, 0) is 23.8 Å². The summed E-state index contributed by atoms with van der Waals surface area (Å²) in [4.78, 5) is 24.1. The van der Waals surface area contributed by atoms with E-state index in [9.17, 15) is 19.1 Å². The number of allylic oxidation sites excluding steroid dienone is 3. The zero-order chi connectivity index (χ0) is 28.7. The fourth-order valence-electron chi connectivity index (χ4n) is 5.03. The normalized spacial score (nSPS) is 35.5. The third kappa shape index (κ3) is 9.92. The van der Waals surface area contributed by atoms with Gasteiger partial charge in [-0.1, -0.05) is 51.5 Å². The van der Waals surface area contributed by atoms with E-state index in [4.69, 9.17) is 14.2 Å². The maximum Gasteiger partial charge on any atom is 0.309 e. The standard InChI is InChI=1S/C30H46F2O6/c1-8-15-30(7,32)28-24(37-28)17-19(2)10-9-11-20(3)27-21(4)12-13-25(36-22(5)33)29(6,31)16-14-23(34)18-26(35)38-27/h9-13,19,21,23-25,27-28,34H,8,14-18H2,1-7H3. The zero-order valence-corrected chi connectivity index (χ0v) is 23.9. The molecule has 8 heteroatoms. The summed E-state index contributed by atoms with van der Waals surface area (Å²) in [6.45, 7) is 11.8. The fraction of sp³-hybridized carbons (Fsp3) is 0.733. The van der Waals surface area contributed by atoms with Gasteiger partial charge in [-0.05, 0) is 64.0 Å². The van der Waals surface area contributed by atoms with E-state index in [1.165, 1.54) is 19.9 Å². The maximum absolute atomic E-state index is 15.4. The Morgan fingerprint density at radius 2 is 2.05 bits per heavy atom. The van der Waals surface area contributed by atoms with Crippen LogP contribution in [0.4, 0.5) is 8.78 Å². The Balaban J connectivity index is 2.14. The Kier molecular flexibility index (Phi) is 11.7. The first-order valence-corrected chi connectivity index (χ1v) is 13.8. The molecule has 6 nitrogen and oxygen atoms in total. The number of hydrogen-bond donors (Lipinski definition) is 1. The van der Waals surface area contributed by atoms with Crippen LogP contribution in [0.5, 0.6) is 0 Å². The van der Waals surface area contributed by atoms with Crippen LogP contribution in [0.3, 0.4) is 0 Å². The van der Waals surface area contributed by atoms with Crippen molar-refractivity contribution in [1.82, 2.24) is 0 Å². The van der Waals surface area contributed by atoms with Gasteiger partial charge in [0, 0.05) is 12.8 Å². The molecular formula is C30H46F2O6. The van der Waals surface area contributed by atoms with Crippen molar-refractivity contribution in [2.75, 3.05) is 0 Å². The molecule has 0 aromatic rings. The van der Waals surface area contributed by atoms with E-state index in [0.29, 0.717) is 12.8 Å². The number of aliphatic hydroxyl groups is 1. The third-order valence-corrected chi connectivity index (χ3v) is 7.35. The second-order valence-corrected chi connectivity index (χ2v) is 11.5. The largest absolute Gasteiger partial charge is 0.457 e. The molecule has 0 saturated carbocycles. The highest BCUT2D eigenvalue weighted by atomic mass is 19.1. The molecule has 0 aliphatic carbocycles. The maximum atomic E-state index is 15.4. The number of epoxide rings is 1. The van der Waals surface area contributed by atoms with E-state index in [1.807, 2.05) is 45.9 Å². The Labute approximate surface area is 226 Å². The van der Waals surface area contributed by atoms with E-state index in [2.05, 4.69) is 0 Å². The van der Waals surface area contributed by atoms with Gasteiger partial charge < -0.3 is 19.3 Å². The molecule has 1 fully saturated rings. The molecule has 2 aliphatic rings. The minimum Gasteiger partial charge on any atom is -0.457 e. The van der Waals surface area contributed by atoms with E-state index < -0.39 is 41.6 Å². The molecule has 2 heterocycles. The summed E-state index contributed by atoms with van der Waals surface area (Å²) in [5.41, 5.74) is -2.45. The van der Waals surface area contributed by atoms with Crippen LogP contribution >= 0.6 is 0 Å². The topological polar surface area (TPSA) is 85.4 Å². The minimum atomic E-state index is -1.91. The van der Waals surface area contributed by atoms with Gasteiger partial charge in [-0.2, -0.15) is 0 Å². The molecule has 2 rings (SSSR count). The molecular weight excluding hydrogens is 494 g/mol. The summed E-state index contributed by atoms with van der Waals surface area (Å²) in [7, 11) is 0. The first-order chi connectivity index (χ1) is 17.7. The molecule has 0 radical (unpaired) electrons. The van der Waals surface area contributed by atoms with Gasteiger partial charge in [0.2, 0.25) is 0 Å². The summed E-state index contributed by atoms with van der Waals surface area (Å²) in [6.07, 6.45) is 7.28. The van der Waals surface area contributed by atoms with Crippen molar-refractivity contribution < 1.29 is 37.7 Å². The van der Waals surface area contributed by atoms with Crippen LogP contribution in [0.15, 0.2) is 36.0 Å². The van der Waals surface area contributed by atoms with E-state index in [-0.39, 0.29) is 43.3 Å². The summed E-state index contributed by atoms with van der Waals surface area (Å²) >= 11 is 0. The summed E-state index contributed by atoms with van der Waals surface area (Å²) in [5.74, 6) is -1.37. The summed E-state index contributed by atoms with van der Waals surface area (Å²) in [5, 5.41) is 10.3. The van der Waals surface area contributed by atoms with E-state index in [0.717, 1.165) is 12.0 Å². The molecule has 0 bridgehead atoms. The van der Waals surface area contributed by atoms with Gasteiger partial charge in [-0.15, -0.1) is 0 Å². The molecule has 9 unspecified atom stereocenters. The summed E-state index contributed by atoms with van der Waals surface area (Å²) < 4.78 is 46.6. The minimum absolute atomic E-state index is 0.0228. The van der Waals surface area contributed by atoms with Crippen LogP contribution < -0.4 is 0 Å². The van der Waals surface area contributed by atoms with Gasteiger partial charge in [-0.25, -0.2) is 8.78 Å². The Hall–Kier alpha value is -2.06. The number of hydrogen-bond acceptors (Lipinski definition) is 6.